The number of fused-ring (bicyclic) bond motifs is 1. The lowest BCUT2D eigenvalue weighted by atomic mass is 9.93. The summed E-state index contributed by atoms with van der Waals surface area (Å²) in [5, 5.41) is 9.67. The van der Waals surface area contributed by atoms with E-state index in [2.05, 4.69) is 11.1 Å². The average Bonchev–Trinajstić information content (AvgIpc) is 3.25. The first-order valence-corrected chi connectivity index (χ1v) is 13.3. The van der Waals surface area contributed by atoms with Crippen LogP contribution in [0.25, 0.3) is 16.7 Å². The molecule has 0 bridgehead atoms. The number of hydrogen-bond acceptors (Lipinski definition) is 6. The largest absolute Gasteiger partial charge is 0.457 e. The van der Waals surface area contributed by atoms with Crippen molar-refractivity contribution in [1.29, 1.82) is 5.26 Å². The highest BCUT2D eigenvalue weighted by Gasteiger charge is 2.31. The van der Waals surface area contributed by atoms with Gasteiger partial charge in [-0.2, -0.15) is 5.26 Å². The van der Waals surface area contributed by atoms with Crippen LogP contribution in [0.1, 0.15) is 39.7 Å². The molecule has 0 spiro atoms. The number of amides is 1. The predicted octanol–water partition coefficient (Wildman–Crippen LogP) is 5.22. The summed E-state index contributed by atoms with van der Waals surface area (Å²) in [6, 6.07) is 20.2. The molecule has 4 aromatic rings. The molecule has 1 saturated heterocycles. The third-order valence-corrected chi connectivity index (χ3v) is 6.86. The fourth-order valence-electron chi connectivity index (χ4n) is 5.16. The number of carbonyl (C=O) groups is 1. The molecule has 204 valence electrons. The first-order chi connectivity index (χ1) is 19.2. The Morgan fingerprint density at radius 2 is 1.80 bits per heavy atom. The monoisotopic (exact) mass is 536 g/mol. The van der Waals surface area contributed by atoms with Gasteiger partial charge in [0.15, 0.2) is 0 Å². The Bertz CT molecular complexity index is 1670. The van der Waals surface area contributed by atoms with Gasteiger partial charge in [-0.1, -0.05) is 45.0 Å². The van der Waals surface area contributed by atoms with Crippen LogP contribution in [0.15, 0.2) is 83.3 Å². The molecule has 9 nitrogen and oxygen atoms in total. The first kappa shape index (κ1) is 26.8. The zero-order chi connectivity index (χ0) is 28.4. The van der Waals surface area contributed by atoms with E-state index in [0.29, 0.717) is 54.2 Å². The number of rotatable bonds is 5. The molecule has 2 aromatic heterocycles. The summed E-state index contributed by atoms with van der Waals surface area (Å²) in [4.78, 5) is 33.2. The molecule has 2 aromatic carbocycles. The van der Waals surface area contributed by atoms with Crippen molar-refractivity contribution in [1.82, 2.24) is 19.0 Å². The summed E-state index contributed by atoms with van der Waals surface area (Å²) >= 11 is 0. The normalized spacial score (nSPS) is 16.1. The highest BCUT2D eigenvalue weighted by molar-refractivity contribution is 5.97. The molecule has 9 heteroatoms. The number of aromatic nitrogens is 3. The maximum atomic E-state index is 14.0. The Morgan fingerprint density at radius 3 is 2.48 bits per heavy atom. The van der Waals surface area contributed by atoms with E-state index in [-0.39, 0.29) is 34.4 Å². The minimum absolute atomic E-state index is 0.120. The maximum Gasteiger partial charge on any atom is 0.334 e. The highest BCUT2D eigenvalue weighted by atomic mass is 16.5. The summed E-state index contributed by atoms with van der Waals surface area (Å²) < 4.78 is 9.18. The number of hydrogen-bond donors (Lipinski definition) is 1. The summed E-state index contributed by atoms with van der Waals surface area (Å²) in [6.45, 7) is 6.68. The number of benzene rings is 2. The summed E-state index contributed by atoms with van der Waals surface area (Å²) in [5.41, 5.74) is 7.63. The van der Waals surface area contributed by atoms with Crippen molar-refractivity contribution in [3.8, 4) is 23.3 Å². The number of nitrogens with two attached hydrogens (primary N) is 1. The van der Waals surface area contributed by atoms with Crippen LogP contribution >= 0.6 is 0 Å². The molecule has 1 amide bonds. The van der Waals surface area contributed by atoms with E-state index >= 15 is 0 Å². The Hall–Kier alpha value is -4.84. The van der Waals surface area contributed by atoms with Crippen LogP contribution in [-0.4, -0.2) is 38.0 Å². The number of ether oxygens (including phenoxy) is 1. The first-order valence-electron chi connectivity index (χ1n) is 13.3. The number of imidazole rings is 1. The molecule has 1 aliphatic heterocycles. The van der Waals surface area contributed by atoms with Gasteiger partial charge in [-0.3, -0.25) is 13.9 Å². The van der Waals surface area contributed by atoms with Gasteiger partial charge >= 0.3 is 5.69 Å². The molecule has 0 radical (unpaired) electrons. The highest BCUT2D eigenvalue weighted by Crippen LogP contribution is 2.30. The minimum Gasteiger partial charge on any atom is -0.457 e. The predicted molar refractivity (Wildman–Crippen MR) is 154 cm³/mol. The number of pyridine rings is 1. The number of nitrogen functional groups attached to an aromatic ring is 1. The van der Waals surface area contributed by atoms with Gasteiger partial charge in [0.05, 0.1) is 17.2 Å². The van der Waals surface area contributed by atoms with E-state index in [0.717, 1.165) is 0 Å². The van der Waals surface area contributed by atoms with Crippen molar-refractivity contribution >= 4 is 22.8 Å². The number of piperidine rings is 1. The van der Waals surface area contributed by atoms with Crippen molar-refractivity contribution in [2.75, 3.05) is 18.8 Å². The zero-order valence-electron chi connectivity index (χ0n) is 22.9. The summed E-state index contributed by atoms with van der Waals surface area (Å²) in [5.74, 6) is 1.28. The van der Waals surface area contributed by atoms with Gasteiger partial charge in [-0.05, 0) is 60.7 Å². The molecule has 5 rings (SSSR count). The SMILES string of the molecule is CC(C)(C)C=C(C#N)C(=O)N1CCCC(n2c(=O)n(-c3ccc(Oc4ccccc4)cc3)c3c(N)nccc32)C1. The van der Waals surface area contributed by atoms with Crippen LogP contribution in [-0.2, 0) is 4.79 Å². The van der Waals surface area contributed by atoms with Crippen LogP contribution in [0.5, 0.6) is 11.5 Å². The zero-order valence-corrected chi connectivity index (χ0v) is 22.9. The second kappa shape index (κ2) is 10.7. The van der Waals surface area contributed by atoms with Gasteiger partial charge < -0.3 is 15.4 Å². The van der Waals surface area contributed by atoms with E-state index in [9.17, 15) is 14.9 Å². The second-order valence-electron chi connectivity index (χ2n) is 11.0. The lowest BCUT2D eigenvalue weighted by molar-refractivity contribution is -0.128. The molecule has 3 heterocycles. The van der Waals surface area contributed by atoms with Crippen LogP contribution in [0.4, 0.5) is 5.82 Å². The molecule has 0 aliphatic carbocycles. The van der Waals surface area contributed by atoms with Gasteiger partial charge in [0, 0.05) is 19.3 Å². The third-order valence-electron chi connectivity index (χ3n) is 6.86. The second-order valence-corrected chi connectivity index (χ2v) is 11.0. The van der Waals surface area contributed by atoms with E-state index in [1.54, 1.807) is 44.5 Å². The quantitative estimate of drug-likeness (QED) is 0.276. The van der Waals surface area contributed by atoms with Crippen LogP contribution in [0.3, 0.4) is 0 Å². The summed E-state index contributed by atoms with van der Waals surface area (Å²) in [6.07, 6.45) is 4.70. The molecule has 1 unspecified atom stereocenters. The minimum atomic E-state index is -0.313. The summed E-state index contributed by atoms with van der Waals surface area (Å²) in [7, 11) is 0. The van der Waals surface area contributed by atoms with Crippen molar-refractivity contribution < 1.29 is 9.53 Å². The topological polar surface area (TPSA) is 119 Å². The Morgan fingerprint density at radius 1 is 1.10 bits per heavy atom. The Kier molecular flexibility index (Phi) is 7.18. The number of anilines is 1. The lowest BCUT2D eigenvalue weighted by Crippen LogP contribution is -2.43. The van der Waals surface area contributed by atoms with Gasteiger partial charge in [0.25, 0.3) is 5.91 Å². The molecular formula is C31H32N6O3. The van der Waals surface area contributed by atoms with E-state index in [1.807, 2.05) is 63.2 Å². The van der Waals surface area contributed by atoms with E-state index < -0.39 is 0 Å². The fourth-order valence-corrected chi connectivity index (χ4v) is 5.16. The van der Waals surface area contributed by atoms with Crippen molar-refractivity contribution in [3.63, 3.8) is 0 Å². The van der Waals surface area contributed by atoms with E-state index in [1.165, 1.54) is 0 Å². The number of likely N-dealkylation sites (tertiary alicyclic amines) is 1. The maximum absolute atomic E-state index is 14.0. The van der Waals surface area contributed by atoms with Gasteiger partial charge in [0.1, 0.15) is 34.5 Å². The van der Waals surface area contributed by atoms with Crippen molar-refractivity contribution in [3.05, 3.63) is 89.0 Å². The van der Waals surface area contributed by atoms with Crippen molar-refractivity contribution in [2.24, 2.45) is 5.41 Å². The molecular weight excluding hydrogens is 504 g/mol. The fraction of sp³-hybridized carbons (Fsp3) is 0.290. The number of nitrogens with zero attached hydrogens (tertiary/aromatic N) is 5. The number of allylic oxidation sites excluding steroid dienone is 1. The number of carbonyl (C=O) groups excluding carboxylic acids is 1. The molecule has 1 fully saturated rings. The molecule has 1 atom stereocenters. The van der Waals surface area contributed by atoms with E-state index in [4.69, 9.17) is 10.5 Å². The Balaban J connectivity index is 1.51. The standard InChI is InChI=1S/C31H32N6O3/c1-31(2,3)18-21(19-32)29(38)35-17-7-8-23(20-35)36-26-15-16-34-28(33)27(26)37(30(36)39)22-11-13-25(14-12-22)40-24-9-5-4-6-10-24/h4-6,9-16,18,23H,7-8,17,20H2,1-3H3,(H2,33,34). The van der Waals surface area contributed by atoms with Gasteiger partial charge in [-0.25, -0.2) is 9.78 Å². The Labute approximate surface area is 232 Å². The smallest absolute Gasteiger partial charge is 0.334 e. The number of para-hydroxylation sites is 1. The van der Waals surface area contributed by atoms with Gasteiger partial charge in [0.2, 0.25) is 0 Å². The van der Waals surface area contributed by atoms with Crippen LogP contribution in [0.2, 0.25) is 0 Å². The molecule has 1 aliphatic rings. The number of nitriles is 1. The van der Waals surface area contributed by atoms with Gasteiger partial charge in [-0.15, -0.1) is 0 Å². The van der Waals surface area contributed by atoms with Crippen LogP contribution < -0.4 is 16.2 Å². The molecule has 2 N–H and O–H groups in total. The average molecular weight is 537 g/mol. The van der Waals surface area contributed by atoms with Crippen molar-refractivity contribution in [2.45, 2.75) is 39.7 Å². The lowest BCUT2D eigenvalue weighted by Gasteiger charge is -2.33. The molecule has 40 heavy (non-hydrogen) atoms. The van der Waals surface area contributed by atoms with Crippen LogP contribution in [0, 0.1) is 16.7 Å². The third kappa shape index (κ3) is 5.34. The molecule has 0 saturated carbocycles.